The SMILES string of the molecule is CCCCC/C=C\C/C=C\CCCCCCCC(=O)Oc1ccc(CC(=O)O)cc1. The maximum Gasteiger partial charge on any atom is 0.311 e. The molecule has 0 aliphatic rings. The van der Waals surface area contributed by atoms with Crippen molar-refractivity contribution < 1.29 is 19.4 Å². The van der Waals surface area contributed by atoms with E-state index in [1.165, 1.54) is 38.5 Å². The summed E-state index contributed by atoms with van der Waals surface area (Å²) in [7, 11) is 0. The Labute approximate surface area is 182 Å². The highest BCUT2D eigenvalue weighted by atomic mass is 16.5. The van der Waals surface area contributed by atoms with Crippen LogP contribution in [0, 0.1) is 0 Å². The number of carbonyl (C=O) groups is 2. The fraction of sp³-hybridized carbons (Fsp3) is 0.538. The van der Waals surface area contributed by atoms with Crippen molar-refractivity contribution in [1.82, 2.24) is 0 Å². The van der Waals surface area contributed by atoms with E-state index in [-0.39, 0.29) is 12.4 Å². The molecule has 4 nitrogen and oxygen atoms in total. The molecule has 30 heavy (non-hydrogen) atoms. The molecule has 0 heterocycles. The number of esters is 1. The fourth-order valence-electron chi connectivity index (χ4n) is 3.11. The van der Waals surface area contributed by atoms with Gasteiger partial charge in [0.2, 0.25) is 0 Å². The van der Waals surface area contributed by atoms with Gasteiger partial charge in [0.1, 0.15) is 5.75 Å². The molecule has 0 radical (unpaired) electrons. The summed E-state index contributed by atoms with van der Waals surface area (Å²) in [5.74, 6) is -0.635. The number of benzene rings is 1. The highest BCUT2D eigenvalue weighted by molar-refractivity contribution is 5.72. The third kappa shape index (κ3) is 14.6. The predicted molar refractivity (Wildman–Crippen MR) is 123 cm³/mol. The Balaban J connectivity index is 1.98. The van der Waals surface area contributed by atoms with Gasteiger partial charge in [-0.25, -0.2) is 0 Å². The Morgan fingerprint density at radius 1 is 0.833 bits per heavy atom. The van der Waals surface area contributed by atoms with Crippen LogP contribution in [0.15, 0.2) is 48.6 Å². The topological polar surface area (TPSA) is 63.6 Å². The molecule has 0 atom stereocenters. The zero-order valence-electron chi connectivity index (χ0n) is 18.5. The quantitative estimate of drug-likeness (QED) is 0.129. The second-order valence-electron chi connectivity index (χ2n) is 7.67. The van der Waals surface area contributed by atoms with Crippen molar-refractivity contribution in [2.24, 2.45) is 0 Å². The van der Waals surface area contributed by atoms with E-state index in [1.807, 2.05) is 0 Å². The number of ether oxygens (including phenoxy) is 1. The number of rotatable bonds is 17. The molecule has 4 heteroatoms. The van der Waals surface area contributed by atoms with Crippen molar-refractivity contribution in [3.05, 3.63) is 54.1 Å². The molecule has 1 aromatic carbocycles. The van der Waals surface area contributed by atoms with Crippen LogP contribution in [-0.2, 0) is 16.0 Å². The summed E-state index contributed by atoms with van der Waals surface area (Å²) < 4.78 is 5.29. The van der Waals surface area contributed by atoms with Gasteiger partial charge in [0, 0.05) is 6.42 Å². The van der Waals surface area contributed by atoms with E-state index in [4.69, 9.17) is 9.84 Å². The average molecular weight is 415 g/mol. The maximum atomic E-state index is 11.9. The van der Waals surface area contributed by atoms with Crippen LogP contribution in [0.3, 0.4) is 0 Å². The molecule has 0 saturated carbocycles. The van der Waals surface area contributed by atoms with Crippen molar-refractivity contribution in [3.63, 3.8) is 0 Å². The Hall–Kier alpha value is -2.36. The van der Waals surface area contributed by atoms with Crippen molar-refractivity contribution in [2.45, 2.75) is 90.4 Å². The zero-order chi connectivity index (χ0) is 21.9. The van der Waals surface area contributed by atoms with Crippen molar-refractivity contribution in [2.75, 3.05) is 0 Å². The van der Waals surface area contributed by atoms with Crippen molar-refractivity contribution in [1.29, 1.82) is 0 Å². The number of carbonyl (C=O) groups excluding carboxylic acids is 1. The van der Waals surface area contributed by atoms with E-state index in [0.717, 1.165) is 32.1 Å². The molecule has 0 saturated heterocycles. The Morgan fingerprint density at radius 2 is 1.43 bits per heavy atom. The summed E-state index contributed by atoms with van der Waals surface area (Å²) in [5.41, 5.74) is 0.691. The summed E-state index contributed by atoms with van der Waals surface area (Å²) >= 11 is 0. The molecule has 0 fully saturated rings. The summed E-state index contributed by atoms with van der Waals surface area (Å²) in [6.45, 7) is 2.23. The molecule has 0 unspecified atom stereocenters. The first kappa shape index (κ1) is 25.7. The van der Waals surface area contributed by atoms with Crippen LogP contribution < -0.4 is 4.74 Å². The van der Waals surface area contributed by atoms with Gasteiger partial charge >= 0.3 is 11.9 Å². The lowest BCUT2D eigenvalue weighted by Gasteiger charge is -2.05. The molecule has 0 bridgehead atoms. The standard InChI is InChI=1S/C26H38O4/c1-2-3-4-5-6-7-8-9-10-11-12-13-14-15-16-17-26(29)30-24-20-18-23(19-21-24)22-25(27)28/h6-7,9-10,18-21H,2-5,8,11-17,22H2,1H3,(H,27,28)/b7-6-,10-9-. The molecule has 0 aliphatic heterocycles. The van der Waals surface area contributed by atoms with E-state index < -0.39 is 5.97 Å². The first-order valence-electron chi connectivity index (χ1n) is 11.4. The minimum Gasteiger partial charge on any atom is -0.481 e. The largest absolute Gasteiger partial charge is 0.481 e. The van der Waals surface area contributed by atoms with Crippen LogP contribution in [0.1, 0.15) is 89.5 Å². The van der Waals surface area contributed by atoms with Crippen molar-refractivity contribution in [3.8, 4) is 5.75 Å². The highest BCUT2D eigenvalue weighted by Gasteiger charge is 2.06. The number of carboxylic acids is 1. The van der Waals surface area contributed by atoms with Gasteiger partial charge in [0.05, 0.1) is 6.42 Å². The lowest BCUT2D eigenvalue weighted by atomic mass is 10.1. The monoisotopic (exact) mass is 414 g/mol. The number of hydrogen-bond donors (Lipinski definition) is 1. The predicted octanol–water partition coefficient (Wildman–Crippen LogP) is 7.03. The number of allylic oxidation sites excluding steroid dienone is 4. The van der Waals surface area contributed by atoms with Gasteiger partial charge in [-0.1, -0.05) is 75.5 Å². The number of hydrogen-bond acceptors (Lipinski definition) is 3. The molecule has 0 aliphatic carbocycles. The Morgan fingerprint density at radius 3 is 2.07 bits per heavy atom. The smallest absolute Gasteiger partial charge is 0.311 e. The maximum absolute atomic E-state index is 11.9. The highest BCUT2D eigenvalue weighted by Crippen LogP contribution is 2.15. The van der Waals surface area contributed by atoms with Gasteiger partial charge in [-0.2, -0.15) is 0 Å². The van der Waals surface area contributed by atoms with E-state index in [1.54, 1.807) is 24.3 Å². The van der Waals surface area contributed by atoms with E-state index in [2.05, 4.69) is 31.2 Å². The van der Waals surface area contributed by atoms with Crippen molar-refractivity contribution >= 4 is 11.9 Å². The van der Waals surface area contributed by atoms with E-state index in [9.17, 15) is 9.59 Å². The minimum atomic E-state index is -0.874. The lowest BCUT2D eigenvalue weighted by molar-refractivity contribution is -0.136. The number of unbranched alkanes of at least 4 members (excludes halogenated alkanes) is 8. The first-order valence-corrected chi connectivity index (χ1v) is 11.4. The van der Waals surface area contributed by atoms with Gasteiger partial charge in [-0.15, -0.1) is 0 Å². The summed E-state index contributed by atoms with van der Waals surface area (Å²) in [6.07, 6.45) is 22.2. The van der Waals surface area contributed by atoms with Gasteiger partial charge < -0.3 is 9.84 Å². The fourth-order valence-corrected chi connectivity index (χ4v) is 3.11. The third-order valence-electron chi connectivity index (χ3n) is 4.84. The molecule has 0 amide bonds. The minimum absolute atomic E-state index is 0.0276. The van der Waals surface area contributed by atoms with Crippen LogP contribution >= 0.6 is 0 Å². The van der Waals surface area contributed by atoms with E-state index in [0.29, 0.717) is 17.7 Å². The second-order valence-corrected chi connectivity index (χ2v) is 7.67. The molecule has 1 rings (SSSR count). The molecule has 0 spiro atoms. The first-order chi connectivity index (χ1) is 14.6. The normalized spacial score (nSPS) is 11.4. The molecular formula is C26H38O4. The summed E-state index contributed by atoms with van der Waals surface area (Å²) in [6, 6.07) is 6.64. The van der Waals surface area contributed by atoms with E-state index >= 15 is 0 Å². The van der Waals surface area contributed by atoms with Gasteiger partial charge in [0.15, 0.2) is 0 Å². The molecule has 166 valence electrons. The molecule has 1 aromatic rings. The molecule has 1 N–H and O–H groups in total. The van der Waals surface area contributed by atoms with Gasteiger partial charge in [-0.05, 0) is 56.2 Å². The second kappa shape index (κ2) is 17.5. The van der Waals surface area contributed by atoms with Crippen LogP contribution in [0.5, 0.6) is 5.75 Å². The zero-order valence-corrected chi connectivity index (χ0v) is 18.5. The molecular weight excluding hydrogens is 376 g/mol. The summed E-state index contributed by atoms with van der Waals surface area (Å²) in [5, 5.41) is 8.75. The van der Waals surface area contributed by atoms with Gasteiger partial charge in [0.25, 0.3) is 0 Å². The number of carboxylic acid groups (broad SMARTS) is 1. The third-order valence-corrected chi connectivity index (χ3v) is 4.84. The van der Waals surface area contributed by atoms with Crippen LogP contribution in [0.4, 0.5) is 0 Å². The summed E-state index contributed by atoms with van der Waals surface area (Å²) in [4.78, 5) is 22.5. The number of aliphatic carboxylic acids is 1. The Kier molecular flexibility index (Phi) is 15.0. The Bertz CT molecular complexity index is 644. The average Bonchev–Trinajstić information content (AvgIpc) is 2.72. The van der Waals surface area contributed by atoms with Crippen LogP contribution in [0.25, 0.3) is 0 Å². The van der Waals surface area contributed by atoms with Gasteiger partial charge in [-0.3, -0.25) is 9.59 Å². The molecule has 0 aromatic heterocycles. The lowest BCUT2D eigenvalue weighted by Crippen LogP contribution is -2.07. The van der Waals surface area contributed by atoms with Crippen LogP contribution in [-0.4, -0.2) is 17.0 Å². The van der Waals surface area contributed by atoms with Crippen LogP contribution in [0.2, 0.25) is 0 Å².